The van der Waals surface area contributed by atoms with Gasteiger partial charge in [-0.2, -0.15) is 5.10 Å². The van der Waals surface area contributed by atoms with Crippen LogP contribution in [0.4, 0.5) is 0 Å². The third kappa shape index (κ3) is 4.05. The molecule has 1 aromatic heterocycles. The van der Waals surface area contributed by atoms with Crippen LogP contribution in [0.15, 0.2) is 12.3 Å². The number of nitrogens with zero attached hydrogens (tertiary/aromatic N) is 2. The summed E-state index contributed by atoms with van der Waals surface area (Å²) in [6, 6.07) is 2.66. The number of hydrogen-bond donors (Lipinski definition) is 1. The maximum Gasteiger partial charge on any atom is 0.0534 e. The Labute approximate surface area is 116 Å². The zero-order chi connectivity index (χ0) is 13.7. The maximum absolute atomic E-state index is 5.76. The lowest BCUT2D eigenvalue weighted by molar-refractivity contribution is -0.0129. The van der Waals surface area contributed by atoms with Crippen molar-refractivity contribution < 1.29 is 4.74 Å². The van der Waals surface area contributed by atoms with Crippen LogP contribution in [0, 0.1) is 5.41 Å². The normalized spacial score (nSPS) is 24.0. The van der Waals surface area contributed by atoms with E-state index < -0.39 is 0 Å². The van der Waals surface area contributed by atoms with Crippen LogP contribution in [-0.2, 0) is 18.2 Å². The first-order valence-electron chi connectivity index (χ1n) is 7.39. The van der Waals surface area contributed by atoms with Crippen LogP contribution in [0.1, 0.15) is 38.8 Å². The molecule has 0 radical (unpaired) electrons. The predicted octanol–water partition coefficient (Wildman–Crippen LogP) is 2.15. The molecule has 19 heavy (non-hydrogen) atoms. The number of rotatable bonds is 6. The molecule has 4 nitrogen and oxygen atoms in total. The molecule has 0 bridgehead atoms. The SMILES string of the molecule is CC(C)NCC1(CCc2ccnn2C)CCCOC1. The molecule has 1 saturated heterocycles. The summed E-state index contributed by atoms with van der Waals surface area (Å²) in [6.45, 7) is 7.29. The molecule has 0 amide bonds. The number of aromatic nitrogens is 2. The molecule has 1 N–H and O–H groups in total. The first kappa shape index (κ1) is 14.5. The average Bonchev–Trinajstić information content (AvgIpc) is 2.81. The summed E-state index contributed by atoms with van der Waals surface area (Å²) in [5.74, 6) is 0. The van der Waals surface area contributed by atoms with Crippen molar-refractivity contribution in [1.82, 2.24) is 15.1 Å². The first-order chi connectivity index (χ1) is 9.11. The summed E-state index contributed by atoms with van der Waals surface area (Å²) < 4.78 is 7.73. The molecule has 1 fully saturated rings. The van der Waals surface area contributed by atoms with Crippen molar-refractivity contribution in [3.8, 4) is 0 Å². The van der Waals surface area contributed by atoms with Gasteiger partial charge in [-0.15, -0.1) is 0 Å². The van der Waals surface area contributed by atoms with Crippen LogP contribution in [0.25, 0.3) is 0 Å². The van der Waals surface area contributed by atoms with Crippen LogP contribution in [0.2, 0.25) is 0 Å². The van der Waals surface area contributed by atoms with Crippen molar-refractivity contribution in [3.05, 3.63) is 18.0 Å². The van der Waals surface area contributed by atoms with Crippen LogP contribution in [-0.4, -0.2) is 35.6 Å². The minimum absolute atomic E-state index is 0.298. The van der Waals surface area contributed by atoms with Crippen LogP contribution in [0.3, 0.4) is 0 Å². The van der Waals surface area contributed by atoms with Gasteiger partial charge in [-0.3, -0.25) is 4.68 Å². The van der Waals surface area contributed by atoms with Gasteiger partial charge in [-0.05, 0) is 31.7 Å². The van der Waals surface area contributed by atoms with E-state index in [1.165, 1.54) is 25.0 Å². The zero-order valence-corrected chi connectivity index (χ0v) is 12.5. The highest BCUT2D eigenvalue weighted by Gasteiger charge is 2.32. The van der Waals surface area contributed by atoms with Crippen molar-refractivity contribution in [3.63, 3.8) is 0 Å². The highest BCUT2D eigenvalue weighted by molar-refractivity contribution is 5.01. The molecule has 0 aliphatic carbocycles. The zero-order valence-electron chi connectivity index (χ0n) is 12.5. The summed E-state index contributed by atoms with van der Waals surface area (Å²) in [7, 11) is 2.02. The van der Waals surface area contributed by atoms with Gasteiger partial charge < -0.3 is 10.1 Å². The summed E-state index contributed by atoms with van der Waals surface area (Å²) in [5.41, 5.74) is 1.61. The Kier molecular flexibility index (Phi) is 4.99. The van der Waals surface area contributed by atoms with E-state index >= 15 is 0 Å². The minimum Gasteiger partial charge on any atom is -0.381 e. The number of aryl methyl sites for hydroxylation is 2. The number of nitrogens with one attached hydrogen (secondary N) is 1. The van der Waals surface area contributed by atoms with Gasteiger partial charge in [-0.25, -0.2) is 0 Å². The van der Waals surface area contributed by atoms with Crippen molar-refractivity contribution in [2.45, 2.75) is 45.6 Å². The van der Waals surface area contributed by atoms with Gasteiger partial charge >= 0.3 is 0 Å². The van der Waals surface area contributed by atoms with E-state index in [1.54, 1.807) is 0 Å². The van der Waals surface area contributed by atoms with Gasteiger partial charge in [0.25, 0.3) is 0 Å². The second-order valence-electron chi connectivity index (χ2n) is 6.14. The van der Waals surface area contributed by atoms with Crippen LogP contribution in [0.5, 0.6) is 0 Å². The molecule has 2 heterocycles. The third-order valence-electron chi connectivity index (χ3n) is 4.12. The molecule has 0 spiro atoms. The summed E-state index contributed by atoms with van der Waals surface area (Å²) in [6.07, 6.45) is 6.59. The fraction of sp³-hybridized carbons (Fsp3) is 0.800. The van der Waals surface area contributed by atoms with E-state index in [1.807, 2.05) is 17.9 Å². The lowest BCUT2D eigenvalue weighted by Crippen LogP contribution is -2.43. The first-order valence-corrected chi connectivity index (χ1v) is 7.39. The van der Waals surface area contributed by atoms with E-state index in [0.29, 0.717) is 11.5 Å². The summed E-state index contributed by atoms with van der Waals surface area (Å²) in [4.78, 5) is 0. The molecule has 0 saturated carbocycles. The van der Waals surface area contributed by atoms with Crippen LogP contribution < -0.4 is 5.32 Å². The number of ether oxygens (including phenoxy) is 1. The Bertz CT molecular complexity index is 380. The van der Waals surface area contributed by atoms with Crippen molar-refractivity contribution in [2.75, 3.05) is 19.8 Å². The maximum atomic E-state index is 5.76. The molecule has 1 aliphatic rings. The van der Waals surface area contributed by atoms with Gasteiger partial charge in [0.05, 0.1) is 6.61 Å². The molecule has 1 atom stereocenters. The van der Waals surface area contributed by atoms with Crippen LogP contribution >= 0.6 is 0 Å². The van der Waals surface area contributed by atoms with E-state index in [4.69, 9.17) is 4.74 Å². The van der Waals surface area contributed by atoms with E-state index in [9.17, 15) is 0 Å². The Balaban J connectivity index is 1.95. The molecule has 2 rings (SSSR count). The van der Waals surface area contributed by atoms with Gasteiger partial charge in [-0.1, -0.05) is 13.8 Å². The van der Waals surface area contributed by atoms with Gasteiger partial charge in [0, 0.05) is 43.5 Å². The fourth-order valence-electron chi connectivity index (χ4n) is 2.80. The van der Waals surface area contributed by atoms with Crippen molar-refractivity contribution >= 4 is 0 Å². The smallest absolute Gasteiger partial charge is 0.0534 e. The van der Waals surface area contributed by atoms with E-state index in [-0.39, 0.29) is 0 Å². The molecular formula is C15H27N3O. The molecule has 1 unspecified atom stereocenters. The lowest BCUT2D eigenvalue weighted by Gasteiger charge is -2.38. The molecular weight excluding hydrogens is 238 g/mol. The van der Waals surface area contributed by atoms with Gasteiger partial charge in [0.2, 0.25) is 0 Å². The quantitative estimate of drug-likeness (QED) is 0.856. The Hall–Kier alpha value is -0.870. The number of hydrogen-bond acceptors (Lipinski definition) is 3. The van der Waals surface area contributed by atoms with Crippen molar-refractivity contribution in [2.24, 2.45) is 12.5 Å². The van der Waals surface area contributed by atoms with Gasteiger partial charge in [0.15, 0.2) is 0 Å². The van der Waals surface area contributed by atoms with E-state index in [0.717, 1.165) is 26.2 Å². The van der Waals surface area contributed by atoms with E-state index in [2.05, 4.69) is 30.3 Å². The summed E-state index contributed by atoms with van der Waals surface area (Å²) in [5, 5.41) is 7.85. The second kappa shape index (κ2) is 6.53. The lowest BCUT2D eigenvalue weighted by atomic mass is 9.78. The standard InChI is InChI=1S/C15H27N3O/c1-13(2)16-11-15(7-4-10-19-12-15)8-5-14-6-9-17-18(14)3/h6,9,13,16H,4-5,7-8,10-12H2,1-3H3. The Morgan fingerprint density at radius 2 is 2.37 bits per heavy atom. The molecule has 4 heteroatoms. The highest BCUT2D eigenvalue weighted by Crippen LogP contribution is 2.33. The molecule has 108 valence electrons. The average molecular weight is 265 g/mol. The highest BCUT2D eigenvalue weighted by atomic mass is 16.5. The Morgan fingerprint density at radius 1 is 1.53 bits per heavy atom. The monoisotopic (exact) mass is 265 g/mol. The summed E-state index contributed by atoms with van der Waals surface area (Å²) >= 11 is 0. The Morgan fingerprint density at radius 3 is 2.95 bits per heavy atom. The van der Waals surface area contributed by atoms with Crippen molar-refractivity contribution in [1.29, 1.82) is 0 Å². The minimum atomic E-state index is 0.298. The fourth-order valence-corrected chi connectivity index (χ4v) is 2.80. The molecule has 1 aliphatic heterocycles. The topological polar surface area (TPSA) is 39.1 Å². The third-order valence-corrected chi connectivity index (χ3v) is 4.12. The molecule has 1 aromatic rings. The molecule has 0 aromatic carbocycles. The largest absolute Gasteiger partial charge is 0.381 e. The predicted molar refractivity (Wildman–Crippen MR) is 77.2 cm³/mol. The second-order valence-corrected chi connectivity index (χ2v) is 6.14. The van der Waals surface area contributed by atoms with Gasteiger partial charge in [0.1, 0.15) is 0 Å².